The van der Waals surface area contributed by atoms with Crippen LogP contribution in [-0.4, -0.2) is 38.5 Å². The molecule has 0 fully saturated rings. The predicted molar refractivity (Wildman–Crippen MR) is 89.8 cm³/mol. The Labute approximate surface area is 144 Å². The molecule has 2 rings (SSSR count). The zero-order valence-electron chi connectivity index (χ0n) is 14.3. The van der Waals surface area contributed by atoms with E-state index < -0.39 is 11.0 Å². The third kappa shape index (κ3) is 3.43. The third-order valence-electron chi connectivity index (χ3n) is 3.73. The average Bonchev–Trinajstić information content (AvgIpc) is 2.65. The monoisotopic (exact) mass is 349 g/mol. The fourth-order valence-corrected chi connectivity index (χ4v) is 2.56. The summed E-state index contributed by atoms with van der Waals surface area (Å²) in [6, 6.07) is 7.57. The van der Waals surface area contributed by atoms with Gasteiger partial charge in [0.05, 0.1) is 38.9 Å². The molecule has 2 aromatic rings. The van der Waals surface area contributed by atoms with Crippen molar-refractivity contribution in [1.82, 2.24) is 0 Å². The van der Waals surface area contributed by atoms with Gasteiger partial charge in [-0.3, -0.25) is 10.1 Å². The van der Waals surface area contributed by atoms with Crippen LogP contribution in [0.1, 0.15) is 17.2 Å². The van der Waals surface area contributed by atoms with Gasteiger partial charge in [-0.05, 0) is 29.8 Å². The summed E-state index contributed by atoms with van der Waals surface area (Å²) in [6.45, 7) is 0. The molecule has 0 heterocycles. The van der Waals surface area contributed by atoms with Gasteiger partial charge in [0.25, 0.3) is 0 Å². The Kier molecular flexibility index (Phi) is 5.66. The minimum absolute atomic E-state index is 0.0639. The number of ether oxygens (including phenoxy) is 4. The van der Waals surface area contributed by atoms with E-state index in [1.54, 1.807) is 6.07 Å². The summed E-state index contributed by atoms with van der Waals surface area (Å²) in [7, 11) is 5.68. The van der Waals surface area contributed by atoms with Gasteiger partial charge in [-0.15, -0.1) is 0 Å². The number of aliphatic hydroxyl groups excluding tert-OH is 1. The topological polar surface area (TPSA) is 100 Å². The summed E-state index contributed by atoms with van der Waals surface area (Å²) in [5.74, 6) is 1.10. The lowest BCUT2D eigenvalue weighted by Gasteiger charge is -2.18. The Bertz CT molecular complexity index is 751. The molecule has 0 bridgehead atoms. The Morgan fingerprint density at radius 3 is 1.96 bits per heavy atom. The first kappa shape index (κ1) is 18.3. The van der Waals surface area contributed by atoms with Crippen molar-refractivity contribution < 1.29 is 29.0 Å². The summed E-state index contributed by atoms with van der Waals surface area (Å²) in [6.07, 6.45) is -1.29. The molecule has 0 aliphatic rings. The Morgan fingerprint density at radius 1 is 0.960 bits per heavy atom. The molecule has 0 amide bonds. The van der Waals surface area contributed by atoms with Gasteiger partial charge < -0.3 is 24.1 Å². The van der Waals surface area contributed by atoms with Crippen LogP contribution in [0, 0.1) is 10.1 Å². The number of hydrogen-bond acceptors (Lipinski definition) is 7. The molecule has 1 unspecified atom stereocenters. The van der Waals surface area contributed by atoms with Crippen molar-refractivity contribution in [1.29, 1.82) is 0 Å². The van der Waals surface area contributed by atoms with Crippen LogP contribution in [0.2, 0.25) is 0 Å². The third-order valence-corrected chi connectivity index (χ3v) is 3.73. The van der Waals surface area contributed by atoms with E-state index >= 15 is 0 Å². The number of methoxy groups -OCH3 is 4. The molecule has 0 spiro atoms. The summed E-state index contributed by atoms with van der Waals surface area (Å²) >= 11 is 0. The standard InChI is InChI=1S/C17H19NO7/c1-22-12-7-5-6-11(15(12)18(20)21)16(19)10-8-13(23-2)17(25-4)14(9-10)24-3/h5-9,16,19H,1-4H3. The second-order valence-electron chi connectivity index (χ2n) is 5.02. The normalized spacial score (nSPS) is 11.6. The molecule has 25 heavy (non-hydrogen) atoms. The van der Waals surface area contributed by atoms with Crippen LogP contribution in [0.15, 0.2) is 30.3 Å². The Hall–Kier alpha value is -3.00. The fourth-order valence-electron chi connectivity index (χ4n) is 2.56. The van der Waals surface area contributed by atoms with Crippen LogP contribution in [0.4, 0.5) is 5.69 Å². The van der Waals surface area contributed by atoms with E-state index in [0.717, 1.165) is 0 Å². The van der Waals surface area contributed by atoms with Gasteiger partial charge in [0, 0.05) is 0 Å². The van der Waals surface area contributed by atoms with E-state index in [4.69, 9.17) is 18.9 Å². The molecule has 0 radical (unpaired) electrons. The minimum Gasteiger partial charge on any atom is -0.493 e. The van der Waals surface area contributed by atoms with Gasteiger partial charge >= 0.3 is 5.69 Å². The van der Waals surface area contributed by atoms with Crippen molar-refractivity contribution in [3.8, 4) is 23.0 Å². The second-order valence-corrected chi connectivity index (χ2v) is 5.02. The van der Waals surface area contributed by atoms with Crippen molar-refractivity contribution in [2.24, 2.45) is 0 Å². The van der Waals surface area contributed by atoms with Crippen LogP contribution in [-0.2, 0) is 0 Å². The lowest BCUT2D eigenvalue weighted by atomic mass is 9.98. The highest BCUT2D eigenvalue weighted by Gasteiger charge is 2.28. The van der Waals surface area contributed by atoms with Crippen molar-refractivity contribution in [2.45, 2.75) is 6.10 Å². The van der Waals surface area contributed by atoms with Gasteiger partial charge in [0.15, 0.2) is 17.2 Å². The van der Waals surface area contributed by atoms with Crippen LogP contribution < -0.4 is 18.9 Å². The predicted octanol–water partition coefficient (Wildman–Crippen LogP) is 2.71. The zero-order valence-corrected chi connectivity index (χ0v) is 14.3. The molecule has 134 valence electrons. The van der Waals surface area contributed by atoms with E-state index in [2.05, 4.69) is 0 Å². The molecule has 1 N–H and O–H groups in total. The highest BCUT2D eigenvalue weighted by Crippen LogP contribution is 2.43. The summed E-state index contributed by atoms with van der Waals surface area (Å²) in [5.41, 5.74) is 0.149. The summed E-state index contributed by atoms with van der Waals surface area (Å²) in [5, 5.41) is 22.2. The fraction of sp³-hybridized carbons (Fsp3) is 0.294. The molecule has 1 atom stereocenters. The summed E-state index contributed by atoms with van der Waals surface area (Å²) < 4.78 is 20.8. The van der Waals surface area contributed by atoms with E-state index in [1.807, 2.05) is 0 Å². The average molecular weight is 349 g/mol. The largest absolute Gasteiger partial charge is 0.493 e. The molecule has 0 aliphatic heterocycles. The van der Waals surface area contributed by atoms with Crippen LogP contribution in [0.5, 0.6) is 23.0 Å². The minimum atomic E-state index is -1.29. The molecule has 0 aromatic heterocycles. The number of hydrogen-bond donors (Lipinski definition) is 1. The van der Waals surface area contributed by atoms with Gasteiger partial charge in [0.1, 0.15) is 6.10 Å². The van der Waals surface area contributed by atoms with Gasteiger partial charge in [-0.25, -0.2) is 0 Å². The molecule has 0 saturated heterocycles. The molecular weight excluding hydrogens is 330 g/mol. The summed E-state index contributed by atoms with van der Waals surface area (Å²) in [4.78, 5) is 10.8. The van der Waals surface area contributed by atoms with Crippen molar-refractivity contribution in [3.05, 3.63) is 51.6 Å². The van der Waals surface area contributed by atoms with E-state index in [-0.39, 0.29) is 17.0 Å². The molecular formula is C17H19NO7. The zero-order chi connectivity index (χ0) is 18.6. The van der Waals surface area contributed by atoms with E-state index in [9.17, 15) is 15.2 Å². The lowest BCUT2D eigenvalue weighted by Crippen LogP contribution is -2.07. The first-order valence-corrected chi connectivity index (χ1v) is 7.27. The van der Waals surface area contributed by atoms with Crippen molar-refractivity contribution in [2.75, 3.05) is 28.4 Å². The first-order chi connectivity index (χ1) is 12.0. The first-order valence-electron chi connectivity index (χ1n) is 7.27. The maximum atomic E-state index is 11.4. The number of nitro groups is 1. The number of aliphatic hydroxyl groups is 1. The maximum absolute atomic E-state index is 11.4. The number of rotatable bonds is 7. The number of nitrogens with zero attached hydrogens (tertiary/aromatic N) is 1. The van der Waals surface area contributed by atoms with Crippen molar-refractivity contribution >= 4 is 5.69 Å². The Morgan fingerprint density at radius 2 is 1.52 bits per heavy atom. The molecule has 8 nitrogen and oxygen atoms in total. The number of nitro benzene ring substituents is 1. The van der Waals surface area contributed by atoms with Crippen molar-refractivity contribution in [3.63, 3.8) is 0 Å². The molecule has 8 heteroatoms. The Balaban J connectivity index is 2.62. The number of para-hydroxylation sites is 1. The van der Waals surface area contributed by atoms with Crippen LogP contribution in [0.25, 0.3) is 0 Å². The second kappa shape index (κ2) is 7.71. The highest BCUT2D eigenvalue weighted by atomic mass is 16.6. The van der Waals surface area contributed by atoms with Crippen LogP contribution in [0.3, 0.4) is 0 Å². The highest BCUT2D eigenvalue weighted by molar-refractivity contribution is 5.59. The van der Waals surface area contributed by atoms with Gasteiger partial charge in [-0.2, -0.15) is 0 Å². The SMILES string of the molecule is COc1cc(C(O)c2cccc(OC)c2[N+](=O)[O-])cc(OC)c1OC. The molecule has 0 aliphatic carbocycles. The van der Waals surface area contributed by atoms with E-state index in [0.29, 0.717) is 22.8 Å². The van der Waals surface area contributed by atoms with Gasteiger partial charge in [0.2, 0.25) is 5.75 Å². The lowest BCUT2D eigenvalue weighted by molar-refractivity contribution is -0.387. The van der Waals surface area contributed by atoms with E-state index in [1.165, 1.54) is 52.7 Å². The molecule has 2 aromatic carbocycles. The number of benzene rings is 2. The smallest absolute Gasteiger partial charge is 0.317 e. The maximum Gasteiger partial charge on any atom is 0.317 e. The van der Waals surface area contributed by atoms with Gasteiger partial charge in [-0.1, -0.05) is 6.07 Å². The van der Waals surface area contributed by atoms with Crippen LogP contribution >= 0.6 is 0 Å². The molecule has 0 saturated carbocycles. The quantitative estimate of drug-likeness (QED) is 0.606.